The van der Waals surface area contributed by atoms with Crippen LogP contribution in [0.2, 0.25) is 0 Å². The summed E-state index contributed by atoms with van der Waals surface area (Å²) in [5, 5.41) is 3.67. The molecule has 1 heterocycles. The number of hydrogen-bond acceptors (Lipinski definition) is 4. The van der Waals surface area contributed by atoms with Crippen molar-refractivity contribution in [2.75, 3.05) is 6.61 Å². The minimum Gasteiger partial charge on any atom is -0.466 e. The van der Waals surface area contributed by atoms with Gasteiger partial charge in [0, 0.05) is 17.6 Å². The first-order chi connectivity index (χ1) is 10.0. The molecular formula is C17H27NO3. The van der Waals surface area contributed by atoms with E-state index in [9.17, 15) is 4.79 Å². The summed E-state index contributed by atoms with van der Waals surface area (Å²) in [5.74, 6) is 2.02. The highest BCUT2D eigenvalue weighted by atomic mass is 16.5. The lowest BCUT2D eigenvalue weighted by Gasteiger charge is -2.30. The van der Waals surface area contributed by atoms with Crippen molar-refractivity contribution in [1.29, 1.82) is 0 Å². The molecule has 1 aliphatic carbocycles. The number of furan rings is 1. The smallest absolute Gasteiger partial charge is 0.308 e. The standard InChI is InChI=1S/C17H27NO3/c1-5-20-17(19)14-6-8-15(9-7-14)18-12(3)16-10-11(2)21-13(16)4/h10,12,14-15,18H,5-9H2,1-4H3. The Morgan fingerprint density at radius 1 is 1.38 bits per heavy atom. The van der Waals surface area contributed by atoms with Gasteiger partial charge in [-0.25, -0.2) is 0 Å². The minimum absolute atomic E-state index is 0.0229. The molecule has 0 radical (unpaired) electrons. The molecule has 1 atom stereocenters. The lowest BCUT2D eigenvalue weighted by atomic mass is 9.85. The summed E-state index contributed by atoms with van der Waals surface area (Å²) in [5.41, 5.74) is 1.24. The quantitative estimate of drug-likeness (QED) is 0.842. The molecule has 118 valence electrons. The van der Waals surface area contributed by atoms with Crippen molar-refractivity contribution in [3.8, 4) is 0 Å². The number of ether oxygens (including phenoxy) is 1. The molecule has 0 bridgehead atoms. The zero-order valence-corrected chi connectivity index (χ0v) is 13.6. The van der Waals surface area contributed by atoms with E-state index < -0.39 is 0 Å². The molecule has 0 spiro atoms. The minimum atomic E-state index is -0.0229. The molecular weight excluding hydrogens is 266 g/mol. The zero-order chi connectivity index (χ0) is 15.4. The molecule has 0 aliphatic heterocycles. The van der Waals surface area contributed by atoms with E-state index in [0.29, 0.717) is 12.6 Å². The van der Waals surface area contributed by atoms with Gasteiger partial charge in [0.25, 0.3) is 0 Å². The maximum absolute atomic E-state index is 11.7. The summed E-state index contributed by atoms with van der Waals surface area (Å²) < 4.78 is 10.7. The van der Waals surface area contributed by atoms with Crippen molar-refractivity contribution in [1.82, 2.24) is 5.32 Å². The Kier molecular flexibility index (Phi) is 5.45. The van der Waals surface area contributed by atoms with E-state index in [1.165, 1.54) is 5.56 Å². The van der Waals surface area contributed by atoms with Crippen molar-refractivity contribution in [2.24, 2.45) is 5.92 Å². The lowest BCUT2D eigenvalue weighted by Crippen LogP contribution is -2.36. The average Bonchev–Trinajstić information content (AvgIpc) is 2.79. The van der Waals surface area contributed by atoms with E-state index in [1.54, 1.807) is 0 Å². The predicted octanol–water partition coefficient (Wildman–Crippen LogP) is 3.67. The lowest BCUT2D eigenvalue weighted by molar-refractivity contribution is -0.149. The molecule has 4 nitrogen and oxygen atoms in total. The Balaban J connectivity index is 1.83. The third-order valence-electron chi connectivity index (χ3n) is 4.38. The van der Waals surface area contributed by atoms with Gasteiger partial charge in [-0.15, -0.1) is 0 Å². The highest BCUT2D eigenvalue weighted by molar-refractivity contribution is 5.72. The van der Waals surface area contributed by atoms with Gasteiger partial charge in [-0.3, -0.25) is 4.79 Å². The third kappa shape index (κ3) is 4.10. The van der Waals surface area contributed by atoms with Crippen molar-refractivity contribution in [2.45, 2.75) is 65.5 Å². The van der Waals surface area contributed by atoms with Crippen LogP contribution in [0.25, 0.3) is 0 Å². The second-order valence-electron chi connectivity index (χ2n) is 6.06. The molecule has 21 heavy (non-hydrogen) atoms. The normalized spacial score (nSPS) is 23.8. The summed E-state index contributed by atoms with van der Waals surface area (Å²) >= 11 is 0. The van der Waals surface area contributed by atoms with Gasteiger partial charge >= 0.3 is 5.97 Å². The highest BCUT2D eigenvalue weighted by Crippen LogP contribution is 2.28. The SMILES string of the molecule is CCOC(=O)C1CCC(NC(C)c2cc(C)oc2C)CC1. The molecule has 4 heteroatoms. The fourth-order valence-electron chi connectivity index (χ4n) is 3.28. The van der Waals surface area contributed by atoms with Crippen LogP contribution in [0.5, 0.6) is 0 Å². The largest absolute Gasteiger partial charge is 0.466 e. The van der Waals surface area contributed by atoms with Crippen LogP contribution >= 0.6 is 0 Å². The summed E-state index contributed by atoms with van der Waals surface area (Å²) in [6.07, 6.45) is 3.91. The van der Waals surface area contributed by atoms with Gasteiger partial charge < -0.3 is 14.5 Å². The predicted molar refractivity (Wildman–Crippen MR) is 82.1 cm³/mol. The number of carbonyl (C=O) groups excluding carboxylic acids is 1. The Morgan fingerprint density at radius 3 is 2.57 bits per heavy atom. The van der Waals surface area contributed by atoms with Crippen molar-refractivity contribution in [3.05, 3.63) is 23.2 Å². The van der Waals surface area contributed by atoms with Crippen molar-refractivity contribution in [3.63, 3.8) is 0 Å². The first-order valence-corrected chi connectivity index (χ1v) is 8.00. The molecule has 1 N–H and O–H groups in total. The van der Waals surface area contributed by atoms with Crippen LogP contribution in [0.4, 0.5) is 0 Å². The van der Waals surface area contributed by atoms with Crippen LogP contribution < -0.4 is 5.32 Å². The zero-order valence-electron chi connectivity index (χ0n) is 13.6. The number of esters is 1. The number of rotatable bonds is 5. The van der Waals surface area contributed by atoms with E-state index in [4.69, 9.17) is 9.15 Å². The van der Waals surface area contributed by atoms with E-state index in [1.807, 2.05) is 20.8 Å². The summed E-state index contributed by atoms with van der Waals surface area (Å²) in [6, 6.07) is 2.86. The van der Waals surface area contributed by atoms with Gasteiger partial charge in [-0.05, 0) is 59.4 Å². The third-order valence-corrected chi connectivity index (χ3v) is 4.38. The molecule has 1 aliphatic rings. The monoisotopic (exact) mass is 293 g/mol. The van der Waals surface area contributed by atoms with Crippen LogP contribution in [0.1, 0.15) is 62.7 Å². The highest BCUT2D eigenvalue weighted by Gasteiger charge is 2.28. The van der Waals surface area contributed by atoms with Gasteiger partial charge in [0.15, 0.2) is 0 Å². The van der Waals surface area contributed by atoms with Gasteiger partial charge in [0.05, 0.1) is 12.5 Å². The topological polar surface area (TPSA) is 51.5 Å². The van der Waals surface area contributed by atoms with Crippen LogP contribution in [-0.2, 0) is 9.53 Å². The average molecular weight is 293 g/mol. The maximum Gasteiger partial charge on any atom is 0.308 e. The molecule has 0 aromatic carbocycles. The fraction of sp³-hybridized carbons (Fsp3) is 0.706. The molecule has 2 rings (SSSR count). The first-order valence-electron chi connectivity index (χ1n) is 8.00. The maximum atomic E-state index is 11.7. The van der Waals surface area contributed by atoms with E-state index in [0.717, 1.165) is 37.2 Å². The molecule has 1 aromatic rings. The summed E-state index contributed by atoms with van der Waals surface area (Å²) in [4.78, 5) is 11.7. The fourth-order valence-corrected chi connectivity index (χ4v) is 3.28. The van der Waals surface area contributed by atoms with Crippen LogP contribution in [0.3, 0.4) is 0 Å². The number of hydrogen-bond donors (Lipinski definition) is 1. The summed E-state index contributed by atoms with van der Waals surface area (Å²) in [7, 11) is 0. The Hall–Kier alpha value is -1.29. The molecule has 0 saturated heterocycles. The Bertz CT molecular complexity index is 472. The van der Waals surface area contributed by atoms with Gasteiger partial charge in [-0.1, -0.05) is 0 Å². The van der Waals surface area contributed by atoms with Gasteiger partial charge in [0.1, 0.15) is 11.5 Å². The molecule has 1 fully saturated rings. The van der Waals surface area contributed by atoms with Crippen molar-refractivity contribution >= 4 is 5.97 Å². The van der Waals surface area contributed by atoms with E-state index in [2.05, 4.69) is 18.3 Å². The van der Waals surface area contributed by atoms with Crippen LogP contribution in [-0.4, -0.2) is 18.6 Å². The van der Waals surface area contributed by atoms with Crippen LogP contribution in [0, 0.1) is 19.8 Å². The number of nitrogens with one attached hydrogen (secondary N) is 1. The Morgan fingerprint density at radius 2 is 2.05 bits per heavy atom. The second-order valence-corrected chi connectivity index (χ2v) is 6.06. The van der Waals surface area contributed by atoms with Crippen LogP contribution in [0.15, 0.2) is 10.5 Å². The van der Waals surface area contributed by atoms with E-state index in [-0.39, 0.29) is 17.9 Å². The molecule has 0 amide bonds. The molecule has 1 saturated carbocycles. The summed E-state index contributed by atoms with van der Waals surface area (Å²) in [6.45, 7) is 8.51. The van der Waals surface area contributed by atoms with E-state index >= 15 is 0 Å². The van der Waals surface area contributed by atoms with Crippen molar-refractivity contribution < 1.29 is 13.9 Å². The molecule has 1 unspecified atom stereocenters. The molecule has 1 aromatic heterocycles. The Labute approximate surface area is 127 Å². The second kappa shape index (κ2) is 7.12. The first kappa shape index (κ1) is 16.1. The number of carbonyl (C=O) groups is 1. The van der Waals surface area contributed by atoms with Gasteiger partial charge in [-0.2, -0.15) is 0 Å². The number of aryl methyl sites for hydroxylation is 2. The van der Waals surface area contributed by atoms with Gasteiger partial charge in [0.2, 0.25) is 0 Å².